The maximum Gasteiger partial charge on any atom is 0.337 e. The zero-order valence-electron chi connectivity index (χ0n) is 47.5. The van der Waals surface area contributed by atoms with E-state index >= 15 is 4.79 Å². The summed E-state index contributed by atoms with van der Waals surface area (Å²) in [5.74, 6) is -3.60. The van der Waals surface area contributed by atoms with E-state index in [9.17, 15) is 40.5 Å². The van der Waals surface area contributed by atoms with Crippen molar-refractivity contribution < 1.29 is 54.4 Å². The Morgan fingerprint density at radius 2 is 1.78 bits per heavy atom. The molecule has 0 amide bonds. The first-order valence-electron chi connectivity index (χ1n) is 30.5. The summed E-state index contributed by atoms with van der Waals surface area (Å²) in [5, 5.41) is 93.2. The summed E-state index contributed by atoms with van der Waals surface area (Å²) in [6, 6.07) is 12.6. The number of aryl methyl sites for hydroxylation is 1. The lowest BCUT2D eigenvalue weighted by Gasteiger charge is -2.53. The summed E-state index contributed by atoms with van der Waals surface area (Å²) in [7, 11) is 0. The van der Waals surface area contributed by atoms with E-state index in [1.807, 2.05) is 25.1 Å². The number of carbonyl (C=O) groups excluding carboxylic acids is 1. The molecular formula is C67H78N4O12. The van der Waals surface area contributed by atoms with Crippen molar-refractivity contribution in [3.8, 4) is 17.2 Å². The van der Waals surface area contributed by atoms with Gasteiger partial charge < -0.3 is 66.0 Å². The van der Waals surface area contributed by atoms with Crippen molar-refractivity contribution >= 4 is 16.9 Å². The number of aliphatic hydroxyl groups excluding tert-OH is 4. The largest absolute Gasteiger partial charge is 0.508 e. The number of hydrogen-bond acceptors (Lipinski definition) is 16. The van der Waals surface area contributed by atoms with E-state index in [1.165, 1.54) is 11.1 Å². The third kappa shape index (κ3) is 8.05. The average Bonchev–Trinajstić information content (AvgIpc) is 3.81. The molecular weight excluding hydrogens is 1050 g/mol. The number of aromatic hydroxyl groups is 2. The number of esters is 1. The van der Waals surface area contributed by atoms with Crippen molar-refractivity contribution in [2.45, 2.75) is 157 Å². The number of dihydropyridines is 2. The third-order valence-electron chi connectivity index (χ3n) is 22.4. The monoisotopic (exact) mass is 1130 g/mol. The molecule has 3 fully saturated rings. The van der Waals surface area contributed by atoms with E-state index < -0.39 is 71.5 Å². The molecule has 11 aliphatic rings. The van der Waals surface area contributed by atoms with Gasteiger partial charge in [0.15, 0.2) is 5.43 Å². The van der Waals surface area contributed by atoms with E-state index in [0.29, 0.717) is 74.9 Å². The van der Waals surface area contributed by atoms with Gasteiger partial charge in [-0.25, -0.2) is 4.79 Å². The minimum atomic E-state index is -1.60. The Bertz CT molecular complexity index is 3600. The third-order valence-corrected chi connectivity index (χ3v) is 22.4. The van der Waals surface area contributed by atoms with Crippen molar-refractivity contribution in [3.63, 3.8) is 0 Å². The number of fused-ring (bicyclic) bond motifs is 10. The minimum Gasteiger partial charge on any atom is -0.508 e. The Labute approximate surface area is 482 Å². The van der Waals surface area contributed by atoms with Crippen LogP contribution in [-0.2, 0) is 34.4 Å². The van der Waals surface area contributed by atoms with Crippen molar-refractivity contribution in [2.24, 2.45) is 41.2 Å². The van der Waals surface area contributed by atoms with Crippen LogP contribution in [-0.4, -0.2) is 91.5 Å². The van der Waals surface area contributed by atoms with Gasteiger partial charge in [0.1, 0.15) is 63.7 Å². The van der Waals surface area contributed by atoms with Gasteiger partial charge >= 0.3 is 5.97 Å². The van der Waals surface area contributed by atoms with Gasteiger partial charge in [-0.05, 0) is 200 Å². The first-order chi connectivity index (χ1) is 40.1. The van der Waals surface area contributed by atoms with Crippen LogP contribution in [0, 0.1) is 35.5 Å². The number of phenols is 2. The quantitative estimate of drug-likeness (QED) is 0.0586. The first kappa shape index (κ1) is 54.5. The van der Waals surface area contributed by atoms with Crippen LogP contribution in [0.3, 0.4) is 0 Å². The predicted octanol–water partition coefficient (Wildman–Crippen LogP) is 7.17. The molecule has 4 aromatic rings. The fourth-order valence-corrected chi connectivity index (χ4v) is 19.0. The number of benzene rings is 3. The van der Waals surface area contributed by atoms with Crippen molar-refractivity contribution in [3.05, 3.63) is 156 Å². The summed E-state index contributed by atoms with van der Waals surface area (Å²) < 4.78 is 21.7. The van der Waals surface area contributed by atoms with Gasteiger partial charge in [-0.3, -0.25) is 10.1 Å². The predicted molar refractivity (Wildman–Crippen MR) is 310 cm³/mol. The van der Waals surface area contributed by atoms with Gasteiger partial charge in [0, 0.05) is 60.7 Å². The van der Waals surface area contributed by atoms with E-state index in [-0.39, 0.29) is 106 Å². The standard InChI is InChI=1S/C67H78N4O12/c1-4-48(67(80)27-46-39-15-18-66(28-50(39)67)26-34(17-20-72)59(77)43-8-6-7-41(46)58(43)66)64(79)82-52-25-45-60(78)56-51(76)24-37(30-73)81-62(56)57-54-42-16-19-70-63(68)55(42)40(14-10-32-9-12-36(75)23-44(32)47(54)31-74)38-13-11-33-22-53(69-5-2)71-29-35(33)21-49(38)65(52,3)83-61(45)57/h4,6-9,12,16,22-24,29,34,38-40,46-47,49-50,52-54,59,69-75,77-78,80H,5,10-11,13-15,17-21,25-28,30-31,68H2,1-3H3/b48-4+/t34-,38-,39+,40+,46+,47-,49+,50+,52-,53?,54+,59-,65+,66-,67+/m1/s1. The minimum absolute atomic E-state index is 0.0155. The highest BCUT2D eigenvalue weighted by molar-refractivity contribution is 5.93. The normalized spacial score (nSPS) is 35.4. The fraction of sp³-hybridized carbons (Fsp3) is 0.522. The van der Waals surface area contributed by atoms with Crippen LogP contribution >= 0.6 is 0 Å². The van der Waals surface area contributed by atoms with E-state index in [0.717, 1.165) is 58.9 Å². The number of ether oxygens (including phenoxy) is 2. The van der Waals surface area contributed by atoms with Crippen LogP contribution in [0.25, 0.3) is 11.0 Å². The average molecular weight is 1130 g/mol. The number of nitrogens with one attached hydrogen (secondary N) is 3. The molecule has 5 heterocycles. The molecule has 3 aromatic carbocycles. The molecule has 1 spiro atoms. The number of carbonyl (C=O) groups is 1. The molecule has 15 atom stereocenters. The molecule has 0 radical (unpaired) electrons. The molecule has 7 aliphatic carbocycles. The highest BCUT2D eigenvalue weighted by Crippen LogP contribution is 2.69. The number of phenolic OH excluding ortho intramolecular Hbond substituents is 2. The second-order valence-corrected chi connectivity index (χ2v) is 26.1. The molecule has 438 valence electrons. The first-order valence-corrected chi connectivity index (χ1v) is 30.5. The SMILES string of the molecule is C/C=C(\C(=O)O[C@@H]1Cc2c3c(c4oc(CO)cc(=O)c4c2O)[C@H]2C4=CCNC(N)=C4[C@@H](CCc4ccc(O)cc4[C@H]2CO)[C@H]2CCC4=CC(NCC)NC=C4C[C@@H]2[C@]1(C)O3)[C@@]1(O)C[C@@H]2c3cccc4c3[C@]3(CC[C@@H]2[C@@H]1C3)C[C@@H](CCO)[C@H]4O. The molecule has 83 heavy (non-hydrogen) atoms. The summed E-state index contributed by atoms with van der Waals surface area (Å²) in [6.07, 6.45) is 12.9. The van der Waals surface area contributed by atoms with Crippen LogP contribution in [0.15, 0.2) is 110 Å². The number of rotatable bonds is 9. The second-order valence-electron chi connectivity index (χ2n) is 26.1. The Kier molecular flexibility index (Phi) is 13.2. The maximum absolute atomic E-state index is 16.0. The Morgan fingerprint density at radius 1 is 0.964 bits per heavy atom. The number of likely N-dealkylation sites (N-methyl/N-ethyl adjacent to an activating group) is 1. The van der Waals surface area contributed by atoms with Gasteiger partial charge in [-0.2, -0.15) is 0 Å². The van der Waals surface area contributed by atoms with Crippen molar-refractivity contribution in [1.29, 1.82) is 0 Å². The Morgan fingerprint density at radius 3 is 2.57 bits per heavy atom. The van der Waals surface area contributed by atoms with E-state index in [4.69, 9.17) is 19.6 Å². The van der Waals surface area contributed by atoms with Crippen LogP contribution in [0.5, 0.6) is 17.2 Å². The van der Waals surface area contributed by atoms with Gasteiger partial charge in [-0.1, -0.05) is 43.3 Å². The fourth-order valence-electron chi connectivity index (χ4n) is 19.0. The molecule has 16 nitrogen and oxygen atoms in total. The van der Waals surface area contributed by atoms with E-state index in [1.54, 1.807) is 25.1 Å². The lowest BCUT2D eigenvalue weighted by atomic mass is 9.54. The lowest BCUT2D eigenvalue weighted by Crippen LogP contribution is -2.59. The molecule has 12 N–H and O–H groups in total. The van der Waals surface area contributed by atoms with Crippen molar-refractivity contribution in [1.82, 2.24) is 16.0 Å². The molecule has 16 heteroatoms. The molecule has 1 aromatic heterocycles. The summed E-state index contributed by atoms with van der Waals surface area (Å²) in [5.41, 5.74) is 12.9. The second kappa shape index (κ2) is 20.1. The molecule has 4 aliphatic heterocycles. The van der Waals surface area contributed by atoms with Gasteiger partial charge in [0.25, 0.3) is 0 Å². The zero-order valence-corrected chi connectivity index (χ0v) is 47.5. The topological polar surface area (TPSA) is 269 Å². The number of allylic oxidation sites excluding steroid dienone is 5. The Balaban J connectivity index is 0.971. The number of nitrogens with two attached hydrogens (primary N) is 1. The number of aliphatic hydroxyl groups is 5. The van der Waals surface area contributed by atoms with Gasteiger partial charge in [0.05, 0.1) is 24.4 Å². The van der Waals surface area contributed by atoms with Crippen LogP contribution in [0.2, 0.25) is 0 Å². The van der Waals surface area contributed by atoms with Crippen LogP contribution in [0.4, 0.5) is 0 Å². The summed E-state index contributed by atoms with van der Waals surface area (Å²) >= 11 is 0. The van der Waals surface area contributed by atoms with E-state index in [2.05, 4.69) is 47.3 Å². The number of hydrogen-bond donors (Lipinski definition) is 11. The molecule has 0 saturated heterocycles. The highest BCUT2D eigenvalue weighted by atomic mass is 16.6. The highest BCUT2D eigenvalue weighted by Gasteiger charge is 2.66. The lowest BCUT2D eigenvalue weighted by molar-refractivity contribution is -0.172. The van der Waals surface area contributed by atoms with Crippen LogP contribution < -0.4 is 31.8 Å². The molecule has 3 saturated carbocycles. The Hall–Kier alpha value is -6.40. The molecule has 8 bridgehead atoms. The van der Waals surface area contributed by atoms with Gasteiger partial charge in [-0.15, -0.1) is 0 Å². The molecule has 15 rings (SSSR count). The summed E-state index contributed by atoms with van der Waals surface area (Å²) in [6.45, 7) is 5.86. The van der Waals surface area contributed by atoms with Crippen molar-refractivity contribution in [2.75, 3.05) is 26.3 Å². The molecule has 1 unspecified atom stereocenters. The smallest absolute Gasteiger partial charge is 0.337 e. The van der Waals surface area contributed by atoms with Gasteiger partial charge in [0.2, 0.25) is 0 Å². The zero-order chi connectivity index (χ0) is 57.6. The van der Waals surface area contributed by atoms with Crippen LogP contribution in [0.1, 0.15) is 154 Å². The summed E-state index contributed by atoms with van der Waals surface area (Å²) in [4.78, 5) is 30.7. The maximum atomic E-state index is 16.0.